The highest BCUT2D eigenvalue weighted by Gasteiger charge is 2.61. The molecule has 2 aromatic rings. The van der Waals surface area contributed by atoms with Gasteiger partial charge in [-0.25, -0.2) is 33.1 Å². The van der Waals surface area contributed by atoms with Crippen LogP contribution in [0.1, 0.15) is 31.4 Å². The molecule has 12 heteroatoms. The normalized spacial score (nSPS) is 17.6. The van der Waals surface area contributed by atoms with Crippen molar-refractivity contribution < 1.29 is 18.3 Å². The molecule has 2 saturated carbocycles. The molecule has 0 atom stereocenters. The molecule has 0 aromatic carbocycles. The Morgan fingerprint density at radius 2 is 1.93 bits per heavy atom. The molecule has 0 radical (unpaired) electrons. The van der Waals surface area contributed by atoms with Crippen molar-refractivity contribution in [2.45, 2.75) is 35.7 Å². The Labute approximate surface area is 167 Å². The standard InChI is InChI=1S/C17H21N7O4S/c18-13-7-12(17(3-4-17)29(27,28)11-1-2-11)22-14(23-13)10-8-20-15(21-9-10)24-16(26)19-5-6-25/h7-9,11,25H,1-6H2,(H2,18,22,23)(H2,19,20,21,24,26). The lowest BCUT2D eigenvalue weighted by atomic mass is 10.2. The van der Waals surface area contributed by atoms with Crippen molar-refractivity contribution >= 4 is 27.6 Å². The van der Waals surface area contributed by atoms with Crippen LogP contribution < -0.4 is 16.4 Å². The minimum absolute atomic E-state index is 0.0586. The fraction of sp³-hybridized carbons (Fsp3) is 0.471. The summed E-state index contributed by atoms with van der Waals surface area (Å²) in [5.41, 5.74) is 6.78. The number of hydrogen-bond donors (Lipinski definition) is 4. The minimum Gasteiger partial charge on any atom is -0.395 e. The van der Waals surface area contributed by atoms with Crippen molar-refractivity contribution in [3.63, 3.8) is 0 Å². The zero-order valence-electron chi connectivity index (χ0n) is 15.5. The zero-order chi connectivity index (χ0) is 20.6. The SMILES string of the molecule is Nc1cc(C2(S(=O)(=O)C3CC3)CC2)nc(-c2cnc(NC(=O)NCCO)nc2)n1. The van der Waals surface area contributed by atoms with Crippen molar-refractivity contribution in [1.29, 1.82) is 0 Å². The first-order valence-electron chi connectivity index (χ1n) is 9.22. The maximum Gasteiger partial charge on any atom is 0.321 e. The predicted octanol–water partition coefficient (Wildman–Crippen LogP) is 0.196. The summed E-state index contributed by atoms with van der Waals surface area (Å²) in [4.78, 5) is 28.3. The molecule has 0 spiro atoms. The summed E-state index contributed by atoms with van der Waals surface area (Å²) in [5.74, 6) is 0.463. The van der Waals surface area contributed by atoms with Gasteiger partial charge in [-0.1, -0.05) is 0 Å². The predicted molar refractivity (Wildman–Crippen MR) is 104 cm³/mol. The number of aliphatic hydroxyl groups excluding tert-OH is 1. The maximum atomic E-state index is 12.9. The van der Waals surface area contributed by atoms with E-state index in [9.17, 15) is 13.2 Å². The number of urea groups is 1. The first-order valence-corrected chi connectivity index (χ1v) is 10.8. The van der Waals surface area contributed by atoms with Gasteiger partial charge in [-0.15, -0.1) is 0 Å². The van der Waals surface area contributed by atoms with Crippen LogP contribution in [0.2, 0.25) is 0 Å². The highest BCUT2D eigenvalue weighted by molar-refractivity contribution is 7.93. The van der Waals surface area contributed by atoms with E-state index in [1.54, 1.807) is 0 Å². The first kappa shape index (κ1) is 19.5. The van der Waals surface area contributed by atoms with E-state index >= 15 is 0 Å². The summed E-state index contributed by atoms with van der Waals surface area (Å²) in [6.07, 6.45) is 5.30. The average Bonchev–Trinajstić information content (AvgIpc) is 3.58. The van der Waals surface area contributed by atoms with E-state index in [0.29, 0.717) is 36.9 Å². The lowest BCUT2D eigenvalue weighted by Crippen LogP contribution is -2.31. The van der Waals surface area contributed by atoms with Crippen molar-refractivity contribution in [1.82, 2.24) is 25.3 Å². The summed E-state index contributed by atoms with van der Waals surface area (Å²) in [6.45, 7) is -0.0738. The highest BCUT2D eigenvalue weighted by Crippen LogP contribution is 2.57. The quantitative estimate of drug-likeness (QED) is 0.488. The van der Waals surface area contributed by atoms with E-state index in [1.165, 1.54) is 18.5 Å². The number of carbonyl (C=O) groups excluding carboxylic acids is 1. The monoisotopic (exact) mass is 419 g/mol. The minimum atomic E-state index is -3.30. The molecule has 11 nitrogen and oxygen atoms in total. The molecule has 2 aliphatic rings. The van der Waals surface area contributed by atoms with E-state index in [-0.39, 0.29) is 36.0 Å². The van der Waals surface area contributed by atoms with Gasteiger partial charge in [0.1, 0.15) is 10.6 Å². The Morgan fingerprint density at radius 1 is 1.24 bits per heavy atom. The van der Waals surface area contributed by atoms with Crippen LogP contribution in [0, 0.1) is 0 Å². The van der Waals surface area contributed by atoms with Gasteiger partial charge in [0.05, 0.1) is 23.1 Å². The molecular formula is C17H21N7O4S. The largest absolute Gasteiger partial charge is 0.395 e. The van der Waals surface area contributed by atoms with Crippen molar-refractivity contribution in [3.05, 3.63) is 24.2 Å². The first-order chi connectivity index (χ1) is 13.9. The van der Waals surface area contributed by atoms with Crippen LogP contribution in [0.15, 0.2) is 18.5 Å². The molecular weight excluding hydrogens is 398 g/mol. The fourth-order valence-electron chi connectivity index (χ4n) is 3.15. The summed E-state index contributed by atoms with van der Waals surface area (Å²) in [5, 5.41) is 13.3. The molecule has 0 aliphatic heterocycles. The van der Waals surface area contributed by atoms with Crippen LogP contribution in [0.4, 0.5) is 16.6 Å². The Hall–Kier alpha value is -2.86. The fourth-order valence-corrected chi connectivity index (χ4v) is 5.61. The number of anilines is 2. The number of aliphatic hydroxyl groups is 1. The van der Waals surface area contributed by atoms with Gasteiger partial charge in [-0.3, -0.25) is 5.32 Å². The Balaban J connectivity index is 1.58. The number of hydrogen-bond acceptors (Lipinski definition) is 9. The molecule has 0 bridgehead atoms. The molecule has 154 valence electrons. The van der Waals surface area contributed by atoms with Crippen molar-refractivity contribution in [3.8, 4) is 11.4 Å². The van der Waals surface area contributed by atoms with Crippen LogP contribution in [0.25, 0.3) is 11.4 Å². The Bertz CT molecular complexity index is 1030. The molecule has 2 aromatic heterocycles. The molecule has 4 rings (SSSR count). The number of rotatable bonds is 7. The third kappa shape index (κ3) is 3.72. The van der Waals surface area contributed by atoms with Crippen LogP contribution in [0.3, 0.4) is 0 Å². The van der Waals surface area contributed by atoms with Crippen molar-refractivity contribution in [2.75, 3.05) is 24.2 Å². The van der Waals surface area contributed by atoms with Gasteiger partial charge in [0.15, 0.2) is 15.7 Å². The number of carbonyl (C=O) groups is 1. The number of amides is 2. The van der Waals surface area contributed by atoms with E-state index in [0.717, 1.165) is 0 Å². The smallest absolute Gasteiger partial charge is 0.321 e. The van der Waals surface area contributed by atoms with Crippen LogP contribution >= 0.6 is 0 Å². The topological polar surface area (TPSA) is 173 Å². The molecule has 2 amide bonds. The number of nitrogens with two attached hydrogens (primary N) is 1. The Morgan fingerprint density at radius 3 is 2.52 bits per heavy atom. The second kappa shape index (κ2) is 7.19. The van der Waals surface area contributed by atoms with Gasteiger partial charge in [0.2, 0.25) is 5.95 Å². The number of sulfone groups is 1. The van der Waals surface area contributed by atoms with Gasteiger partial charge >= 0.3 is 6.03 Å². The molecule has 0 unspecified atom stereocenters. The zero-order valence-corrected chi connectivity index (χ0v) is 16.3. The summed E-state index contributed by atoms with van der Waals surface area (Å²) in [7, 11) is -3.30. The van der Waals surface area contributed by atoms with E-state index < -0.39 is 20.6 Å². The summed E-state index contributed by atoms with van der Waals surface area (Å²) in [6, 6.07) is 0.980. The summed E-state index contributed by atoms with van der Waals surface area (Å²) < 4.78 is 24.8. The van der Waals surface area contributed by atoms with E-state index in [1.807, 2.05) is 0 Å². The second-order valence-electron chi connectivity index (χ2n) is 7.14. The van der Waals surface area contributed by atoms with Gasteiger partial charge in [-0.2, -0.15) is 0 Å². The van der Waals surface area contributed by atoms with E-state index in [2.05, 4.69) is 30.6 Å². The molecule has 5 N–H and O–H groups in total. The third-order valence-electron chi connectivity index (χ3n) is 4.96. The molecule has 0 saturated heterocycles. The van der Waals surface area contributed by atoms with Gasteiger partial charge in [-0.05, 0) is 25.7 Å². The van der Waals surface area contributed by atoms with Crippen molar-refractivity contribution in [2.24, 2.45) is 0 Å². The van der Waals surface area contributed by atoms with Crippen LogP contribution in [-0.2, 0) is 14.6 Å². The maximum absolute atomic E-state index is 12.9. The van der Waals surface area contributed by atoms with Gasteiger partial charge < -0.3 is 16.2 Å². The Kier molecular flexibility index (Phi) is 4.82. The average molecular weight is 419 g/mol. The lowest BCUT2D eigenvalue weighted by Gasteiger charge is -2.16. The van der Waals surface area contributed by atoms with Gasteiger partial charge in [0.25, 0.3) is 0 Å². The highest BCUT2D eigenvalue weighted by atomic mass is 32.2. The molecule has 29 heavy (non-hydrogen) atoms. The third-order valence-corrected chi connectivity index (χ3v) is 8.01. The lowest BCUT2D eigenvalue weighted by molar-refractivity contribution is 0.244. The summed E-state index contributed by atoms with van der Waals surface area (Å²) >= 11 is 0. The molecule has 2 heterocycles. The van der Waals surface area contributed by atoms with Crippen LogP contribution in [-0.4, -0.2) is 57.9 Å². The van der Waals surface area contributed by atoms with E-state index in [4.69, 9.17) is 10.8 Å². The van der Waals surface area contributed by atoms with Crippen LogP contribution in [0.5, 0.6) is 0 Å². The van der Waals surface area contributed by atoms with Gasteiger partial charge in [0, 0.05) is 25.0 Å². The number of nitrogens with one attached hydrogen (secondary N) is 2. The molecule has 2 fully saturated rings. The number of aromatic nitrogens is 4. The number of nitrogens with zero attached hydrogens (tertiary/aromatic N) is 4. The number of nitrogen functional groups attached to an aromatic ring is 1. The second-order valence-corrected chi connectivity index (χ2v) is 9.68. The molecule has 2 aliphatic carbocycles.